The predicted octanol–water partition coefficient (Wildman–Crippen LogP) is 3.54. The largest absolute Gasteiger partial charge is 0.289 e. The van der Waals surface area contributed by atoms with E-state index in [0.29, 0.717) is 0 Å². The molecular formula is C14H18N2OS2. The van der Waals surface area contributed by atoms with Crippen molar-refractivity contribution in [2.24, 2.45) is 5.84 Å². The molecule has 0 spiro atoms. The Balaban J connectivity index is 2.29. The Morgan fingerprint density at radius 1 is 1.42 bits per heavy atom. The highest BCUT2D eigenvalue weighted by molar-refractivity contribution is 7.98. The number of nitrogens with two attached hydrogens (primary N) is 1. The van der Waals surface area contributed by atoms with Crippen LogP contribution in [0.3, 0.4) is 0 Å². The van der Waals surface area contributed by atoms with Gasteiger partial charge in [0.15, 0.2) is 0 Å². The molecule has 0 fully saturated rings. The molecule has 0 saturated heterocycles. The molecule has 2 aromatic rings. The third-order valence-corrected chi connectivity index (χ3v) is 5.21. The van der Waals surface area contributed by atoms with Crippen molar-refractivity contribution in [3.63, 3.8) is 0 Å². The van der Waals surface area contributed by atoms with Crippen LogP contribution in [0.25, 0.3) is 10.1 Å². The topological polar surface area (TPSA) is 55.1 Å². The van der Waals surface area contributed by atoms with Gasteiger partial charge in [0, 0.05) is 10.5 Å². The van der Waals surface area contributed by atoms with Gasteiger partial charge >= 0.3 is 0 Å². The fourth-order valence-electron chi connectivity index (χ4n) is 1.91. The first-order valence-corrected chi connectivity index (χ1v) is 8.34. The minimum absolute atomic E-state index is 0.188. The number of carbonyl (C=O) groups excluding carboxylic acids is 1. The van der Waals surface area contributed by atoms with E-state index >= 15 is 0 Å². The monoisotopic (exact) mass is 294 g/mol. The van der Waals surface area contributed by atoms with Crippen molar-refractivity contribution >= 4 is 39.1 Å². The molecule has 3 N–H and O–H groups in total. The van der Waals surface area contributed by atoms with E-state index in [1.54, 1.807) is 0 Å². The predicted molar refractivity (Wildman–Crippen MR) is 84.5 cm³/mol. The number of hydrazine groups is 1. The summed E-state index contributed by atoms with van der Waals surface area (Å²) in [5.74, 6) is 7.08. The highest BCUT2D eigenvalue weighted by atomic mass is 32.2. The van der Waals surface area contributed by atoms with Crippen LogP contribution >= 0.6 is 23.1 Å². The maximum absolute atomic E-state index is 11.9. The highest BCUT2D eigenvalue weighted by Crippen LogP contribution is 2.33. The van der Waals surface area contributed by atoms with Crippen LogP contribution < -0.4 is 11.3 Å². The molecule has 1 heterocycles. The summed E-state index contributed by atoms with van der Waals surface area (Å²) in [6.07, 6.45) is 2.42. The first-order chi connectivity index (χ1) is 9.27. The Morgan fingerprint density at radius 2 is 2.21 bits per heavy atom. The van der Waals surface area contributed by atoms with Crippen molar-refractivity contribution < 1.29 is 4.79 Å². The van der Waals surface area contributed by atoms with Crippen LogP contribution in [-0.4, -0.2) is 11.7 Å². The van der Waals surface area contributed by atoms with E-state index in [0.717, 1.165) is 26.6 Å². The Hall–Kier alpha value is -1.04. The van der Waals surface area contributed by atoms with Crippen LogP contribution in [-0.2, 0) is 5.75 Å². The standard InChI is InChI=1S/C14H18N2OS2/c1-2-3-8-18-9-11-10-6-4-5-7-12(10)19-13(11)14(17)16-15/h4-7H,2-3,8-9,15H2,1H3,(H,16,17). The molecular weight excluding hydrogens is 276 g/mol. The molecule has 0 bridgehead atoms. The third-order valence-electron chi connectivity index (χ3n) is 2.92. The van der Waals surface area contributed by atoms with Gasteiger partial charge in [0.2, 0.25) is 0 Å². The molecule has 1 aromatic carbocycles. The van der Waals surface area contributed by atoms with Crippen molar-refractivity contribution in [2.75, 3.05) is 5.75 Å². The zero-order chi connectivity index (χ0) is 13.7. The third kappa shape index (κ3) is 3.29. The molecule has 2 rings (SSSR count). The van der Waals surface area contributed by atoms with Crippen LogP contribution in [0.15, 0.2) is 24.3 Å². The lowest BCUT2D eigenvalue weighted by atomic mass is 10.1. The molecule has 0 unspecified atom stereocenters. The molecule has 1 aromatic heterocycles. The van der Waals surface area contributed by atoms with Crippen LogP contribution in [0.4, 0.5) is 0 Å². The summed E-state index contributed by atoms with van der Waals surface area (Å²) >= 11 is 3.39. The van der Waals surface area contributed by atoms with Crippen molar-refractivity contribution in [3.05, 3.63) is 34.7 Å². The molecule has 0 aliphatic carbocycles. The van der Waals surface area contributed by atoms with Crippen LogP contribution in [0.1, 0.15) is 35.0 Å². The van der Waals surface area contributed by atoms with E-state index in [9.17, 15) is 4.79 Å². The lowest BCUT2D eigenvalue weighted by Gasteiger charge is -2.03. The summed E-state index contributed by atoms with van der Waals surface area (Å²) in [4.78, 5) is 12.6. The number of carbonyl (C=O) groups is 1. The number of nitrogens with one attached hydrogen (secondary N) is 1. The van der Waals surface area contributed by atoms with Gasteiger partial charge in [0.1, 0.15) is 0 Å². The molecule has 102 valence electrons. The summed E-state index contributed by atoms with van der Waals surface area (Å²) in [6, 6.07) is 8.14. The first kappa shape index (κ1) is 14.4. The fraction of sp³-hybridized carbons (Fsp3) is 0.357. The lowest BCUT2D eigenvalue weighted by Crippen LogP contribution is -2.29. The average Bonchev–Trinajstić information content (AvgIpc) is 2.81. The molecule has 1 amide bonds. The number of thiophene rings is 1. The maximum atomic E-state index is 11.9. The summed E-state index contributed by atoms with van der Waals surface area (Å²) < 4.78 is 1.15. The number of benzene rings is 1. The second-order valence-corrected chi connectivity index (χ2v) is 6.44. The smallest absolute Gasteiger partial charge is 0.275 e. The van der Waals surface area contributed by atoms with Crippen LogP contribution in [0, 0.1) is 0 Å². The molecule has 19 heavy (non-hydrogen) atoms. The SMILES string of the molecule is CCCCSCc1c(C(=O)NN)sc2ccccc12. The summed E-state index contributed by atoms with van der Waals surface area (Å²) in [6.45, 7) is 2.19. The highest BCUT2D eigenvalue weighted by Gasteiger charge is 2.17. The summed E-state index contributed by atoms with van der Waals surface area (Å²) in [5, 5.41) is 1.18. The minimum Gasteiger partial charge on any atom is -0.289 e. The van der Waals surface area contributed by atoms with Gasteiger partial charge in [0.25, 0.3) is 5.91 Å². The van der Waals surface area contributed by atoms with Crippen molar-refractivity contribution in [3.8, 4) is 0 Å². The number of thioether (sulfide) groups is 1. The second-order valence-electron chi connectivity index (χ2n) is 4.29. The Kier molecular flexibility index (Phi) is 5.24. The van der Waals surface area contributed by atoms with Gasteiger partial charge in [-0.25, -0.2) is 5.84 Å². The van der Waals surface area contributed by atoms with Gasteiger partial charge in [-0.15, -0.1) is 11.3 Å². The molecule has 0 saturated carbocycles. The Labute approximate surface area is 121 Å². The number of nitrogen functional groups attached to an aromatic ring is 1. The first-order valence-electron chi connectivity index (χ1n) is 6.37. The van der Waals surface area contributed by atoms with Crippen molar-refractivity contribution in [1.29, 1.82) is 0 Å². The van der Waals surface area contributed by atoms with Crippen molar-refractivity contribution in [2.45, 2.75) is 25.5 Å². The van der Waals surface area contributed by atoms with Crippen molar-refractivity contribution in [1.82, 2.24) is 5.43 Å². The molecule has 0 aliphatic heterocycles. The molecule has 5 heteroatoms. The Bertz CT molecular complexity index is 566. The number of amides is 1. The van der Waals surface area contributed by atoms with Gasteiger partial charge in [0.05, 0.1) is 4.88 Å². The van der Waals surface area contributed by atoms with E-state index in [4.69, 9.17) is 5.84 Å². The van der Waals surface area contributed by atoms with E-state index < -0.39 is 0 Å². The van der Waals surface area contributed by atoms with E-state index in [1.165, 1.54) is 29.6 Å². The summed E-state index contributed by atoms with van der Waals surface area (Å²) in [5.41, 5.74) is 3.36. The minimum atomic E-state index is -0.188. The number of hydrogen-bond acceptors (Lipinski definition) is 4. The zero-order valence-electron chi connectivity index (χ0n) is 10.9. The molecule has 0 atom stereocenters. The van der Waals surface area contributed by atoms with Gasteiger partial charge in [-0.2, -0.15) is 11.8 Å². The zero-order valence-corrected chi connectivity index (χ0v) is 12.6. The van der Waals surface area contributed by atoms with E-state index in [-0.39, 0.29) is 5.91 Å². The lowest BCUT2D eigenvalue weighted by molar-refractivity contribution is 0.0957. The molecule has 0 radical (unpaired) electrons. The van der Waals surface area contributed by atoms with Gasteiger partial charge in [-0.1, -0.05) is 31.5 Å². The Morgan fingerprint density at radius 3 is 2.95 bits per heavy atom. The number of fused-ring (bicyclic) bond motifs is 1. The van der Waals surface area contributed by atoms with Crippen LogP contribution in [0.5, 0.6) is 0 Å². The van der Waals surface area contributed by atoms with E-state index in [2.05, 4.69) is 18.4 Å². The number of rotatable bonds is 6. The second kappa shape index (κ2) is 6.93. The van der Waals surface area contributed by atoms with Gasteiger partial charge in [-0.3, -0.25) is 10.2 Å². The summed E-state index contributed by atoms with van der Waals surface area (Å²) in [7, 11) is 0. The molecule has 3 nitrogen and oxygen atoms in total. The maximum Gasteiger partial charge on any atom is 0.275 e. The number of unbranched alkanes of at least 4 members (excludes halogenated alkanes) is 1. The van der Waals surface area contributed by atoms with Crippen LogP contribution in [0.2, 0.25) is 0 Å². The quantitative estimate of drug-likeness (QED) is 0.371. The normalized spacial score (nSPS) is 10.8. The van der Waals surface area contributed by atoms with Gasteiger partial charge < -0.3 is 0 Å². The molecule has 0 aliphatic rings. The average molecular weight is 294 g/mol. The van der Waals surface area contributed by atoms with E-state index in [1.807, 2.05) is 30.0 Å². The number of hydrogen-bond donors (Lipinski definition) is 2. The fourth-order valence-corrected chi connectivity index (χ4v) is 4.27. The van der Waals surface area contributed by atoms with Gasteiger partial charge in [-0.05, 0) is 29.2 Å².